The van der Waals surface area contributed by atoms with Gasteiger partial charge >= 0.3 is 0 Å². The lowest BCUT2D eigenvalue weighted by Crippen LogP contribution is -2.39. The Hall–Kier alpha value is -1.80. The molecule has 1 fully saturated rings. The molecule has 1 aliphatic rings. The normalized spacial score (nSPS) is 15.6. The second kappa shape index (κ2) is 7.65. The summed E-state index contributed by atoms with van der Waals surface area (Å²) in [6.45, 7) is 1.74. The molecule has 0 unspecified atom stereocenters. The van der Waals surface area contributed by atoms with E-state index < -0.39 is 0 Å². The standard InChI is InChI=1S/C20H22ClNO/c21-19-8-4-7-18(14-19)15-20(23)22-11-9-17(10-12-22)13-16-5-2-1-3-6-16/h1-8,14,17H,9-13,15H2. The number of amides is 1. The highest BCUT2D eigenvalue weighted by atomic mass is 35.5. The van der Waals surface area contributed by atoms with E-state index in [9.17, 15) is 4.79 Å². The Labute approximate surface area is 143 Å². The predicted octanol–water partition coefficient (Wildman–Crippen LogP) is 4.36. The predicted molar refractivity (Wildman–Crippen MR) is 94.6 cm³/mol. The summed E-state index contributed by atoms with van der Waals surface area (Å²) in [6.07, 6.45) is 3.76. The minimum Gasteiger partial charge on any atom is -0.342 e. The number of carbonyl (C=O) groups excluding carboxylic acids is 1. The molecule has 0 radical (unpaired) electrons. The number of halogens is 1. The quantitative estimate of drug-likeness (QED) is 0.817. The number of nitrogens with zero attached hydrogens (tertiary/aromatic N) is 1. The van der Waals surface area contributed by atoms with Crippen LogP contribution in [0.5, 0.6) is 0 Å². The van der Waals surface area contributed by atoms with Crippen molar-refractivity contribution in [3.63, 3.8) is 0 Å². The van der Waals surface area contributed by atoms with E-state index in [1.807, 2.05) is 29.2 Å². The molecule has 0 bridgehead atoms. The Bertz CT molecular complexity index is 648. The zero-order chi connectivity index (χ0) is 16.1. The van der Waals surface area contributed by atoms with Crippen molar-refractivity contribution in [1.29, 1.82) is 0 Å². The van der Waals surface area contributed by atoms with Gasteiger partial charge in [0.1, 0.15) is 0 Å². The third kappa shape index (κ3) is 4.59. The molecule has 1 amide bonds. The van der Waals surface area contributed by atoms with Crippen LogP contribution >= 0.6 is 11.6 Å². The first-order valence-corrected chi connectivity index (χ1v) is 8.64. The van der Waals surface area contributed by atoms with Gasteiger partial charge in [-0.3, -0.25) is 4.79 Å². The number of likely N-dealkylation sites (tertiary alicyclic amines) is 1. The summed E-state index contributed by atoms with van der Waals surface area (Å²) >= 11 is 5.99. The first-order valence-electron chi connectivity index (χ1n) is 8.27. The van der Waals surface area contributed by atoms with Gasteiger partial charge in [0, 0.05) is 18.1 Å². The van der Waals surface area contributed by atoms with Gasteiger partial charge in [0.15, 0.2) is 0 Å². The molecule has 1 saturated heterocycles. The summed E-state index contributed by atoms with van der Waals surface area (Å²) in [4.78, 5) is 14.4. The maximum Gasteiger partial charge on any atom is 0.226 e. The fourth-order valence-corrected chi connectivity index (χ4v) is 3.48. The third-order valence-electron chi connectivity index (χ3n) is 4.58. The smallest absolute Gasteiger partial charge is 0.226 e. The van der Waals surface area contributed by atoms with Crippen LogP contribution in [-0.4, -0.2) is 23.9 Å². The molecule has 1 aliphatic heterocycles. The van der Waals surface area contributed by atoms with Crippen molar-refractivity contribution in [2.45, 2.75) is 25.7 Å². The van der Waals surface area contributed by atoms with E-state index in [2.05, 4.69) is 30.3 Å². The topological polar surface area (TPSA) is 20.3 Å². The van der Waals surface area contributed by atoms with E-state index in [4.69, 9.17) is 11.6 Å². The molecule has 1 heterocycles. The van der Waals surface area contributed by atoms with Crippen LogP contribution in [0.15, 0.2) is 54.6 Å². The van der Waals surface area contributed by atoms with Gasteiger partial charge in [0.2, 0.25) is 5.91 Å². The molecule has 2 aromatic carbocycles. The maximum atomic E-state index is 12.4. The Morgan fingerprint density at radius 2 is 1.70 bits per heavy atom. The second-order valence-corrected chi connectivity index (χ2v) is 6.76. The summed E-state index contributed by atoms with van der Waals surface area (Å²) in [5, 5.41) is 0.692. The molecule has 0 spiro atoms. The number of carbonyl (C=O) groups is 1. The maximum absolute atomic E-state index is 12.4. The lowest BCUT2D eigenvalue weighted by atomic mass is 9.90. The first-order chi connectivity index (χ1) is 11.2. The highest BCUT2D eigenvalue weighted by Gasteiger charge is 2.22. The van der Waals surface area contributed by atoms with E-state index in [0.717, 1.165) is 37.9 Å². The molecule has 0 aromatic heterocycles. The van der Waals surface area contributed by atoms with Gasteiger partial charge in [0.05, 0.1) is 6.42 Å². The van der Waals surface area contributed by atoms with Crippen LogP contribution in [0, 0.1) is 5.92 Å². The Balaban J connectivity index is 1.49. The molecular weight excluding hydrogens is 306 g/mol. The van der Waals surface area contributed by atoms with Gasteiger partial charge in [-0.15, -0.1) is 0 Å². The summed E-state index contributed by atoms with van der Waals surface area (Å²) in [7, 11) is 0. The largest absolute Gasteiger partial charge is 0.342 e. The van der Waals surface area contributed by atoms with Crippen molar-refractivity contribution in [1.82, 2.24) is 4.90 Å². The van der Waals surface area contributed by atoms with Gasteiger partial charge in [-0.2, -0.15) is 0 Å². The van der Waals surface area contributed by atoms with Crippen molar-refractivity contribution >= 4 is 17.5 Å². The number of hydrogen-bond donors (Lipinski definition) is 0. The van der Waals surface area contributed by atoms with Crippen molar-refractivity contribution in [3.05, 3.63) is 70.7 Å². The van der Waals surface area contributed by atoms with Gasteiger partial charge in [-0.1, -0.05) is 54.1 Å². The molecule has 120 valence electrons. The van der Waals surface area contributed by atoms with Crippen molar-refractivity contribution in [3.8, 4) is 0 Å². The van der Waals surface area contributed by atoms with Crippen LogP contribution in [-0.2, 0) is 17.6 Å². The minimum absolute atomic E-state index is 0.213. The van der Waals surface area contributed by atoms with Gasteiger partial charge in [0.25, 0.3) is 0 Å². The van der Waals surface area contributed by atoms with Crippen molar-refractivity contribution in [2.24, 2.45) is 5.92 Å². The fourth-order valence-electron chi connectivity index (χ4n) is 3.27. The Kier molecular flexibility index (Phi) is 5.35. The molecule has 0 aliphatic carbocycles. The zero-order valence-electron chi connectivity index (χ0n) is 13.2. The van der Waals surface area contributed by atoms with Crippen LogP contribution < -0.4 is 0 Å². The van der Waals surface area contributed by atoms with E-state index in [-0.39, 0.29) is 5.91 Å². The minimum atomic E-state index is 0.213. The van der Waals surface area contributed by atoms with Gasteiger partial charge in [-0.25, -0.2) is 0 Å². The molecular formula is C20H22ClNO. The molecule has 0 N–H and O–H groups in total. The van der Waals surface area contributed by atoms with E-state index in [1.54, 1.807) is 0 Å². The van der Waals surface area contributed by atoms with E-state index in [1.165, 1.54) is 5.56 Å². The van der Waals surface area contributed by atoms with Crippen LogP contribution in [0.25, 0.3) is 0 Å². The molecule has 23 heavy (non-hydrogen) atoms. The molecule has 2 aromatic rings. The molecule has 3 heteroatoms. The summed E-state index contributed by atoms with van der Waals surface area (Å²) in [6, 6.07) is 18.2. The van der Waals surface area contributed by atoms with Crippen molar-refractivity contribution in [2.75, 3.05) is 13.1 Å². The van der Waals surface area contributed by atoms with Crippen LogP contribution in [0.1, 0.15) is 24.0 Å². The Morgan fingerprint density at radius 1 is 1.00 bits per heavy atom. The summed E-state index contributed by atoms with van der Waals surface area (Å²) in [5.41, 5.74) is 2.39. The lowest BCUT2D eigenvalue weighted by Gasteiger charge is -2.32. The third-order valence-corrected chi connectivity index (χ3v) is 4.81. The summed E-state index contributed by atoms with van der Waals surface area (Å²) in [5.74, 6) is 0.901. The summed E-state index contributed by atoms with van der Waals surface area (Å²) < 4.78 is 0. The first kappa shape index (κ1) is 16.1. The molecule has 0 atom stereocenters. The fraction of sp³-hybridized carbons (Fsp3) is 0.350. The van der Waals surface area contributed by atoms with Crippen LogP contribution in [0.3, 0.4) is 0 Å². The second-order valence-electron chi connectivity index (χ2n) is 6.32. The van der Waals surface area contributed by atoms with E-state index >= 15 is 0 Å². The van der Waals surface area contributed by atoms with Crippen LogP contribution in [0.2, 0.25) is 5.02 Å². The SMILES string of the molecule is O=C(Cc1cccc(Cl)c1)N1CCC(Cc2ccccc2)CC1. The average molecular weight is 328 g/mol. The average Bonchev–Trinajstić information content (AvgIpc) is 2.56. The molecule has 3 rings (SSSR count). The molecule has 0 saturated carbocycles. The van der Waals surface area contributed by atoms with Crippen LogP contribution in [0.4, 0.5) is 0 Å². The molecule has 2 nitrogen and oxygen atoms in total. The number of hydrogen-bond acceptors (Lipinski definition) is 1. The van der Waals surface area contributed by atoms with Crippen molar-refractivity contribution < 1.29 is 4.79 Å². The van der Waals surface area contributed by atoms with E-state index in [0.29, 0.717) is 17.4 Å². The number of rotatable bonds is 4. The zero-order valence-corrected chi connectivity index (χ0v) is 14.0. The number of piperidine rings is 1. The lowest BCUT2D eigenvalue weighted by molar-refractivity contribution is -0.131. The highest BCUT2D eigenvalue weighted by molar-refractivity contribution is 6.30. The van der Waals surface area contributed by atoms with Gasteiger partial charge in [-0.05, 0) is 48.4 Å². The Morgan fingerprint density at radius 3 is 2.39 bits per heavy atom. The highest BCUT2D eigenvalue weighted by Crippen LogP contribution is 2.22. The van der Waals surface area contributed by atoms with Gasteiger partial charge < -0.3 is 4.90 Å². The monoisotopic (exact) mass is 327 g/mol. The number of benzene rings is 2.